The van der Waals surface area contributed by atoms with Crippen molar-refractivity contribution in [2.75, 3.05) is 25.5 Å². The Labute approximate surface area is 183 Å². The maximum absolute atomic E-state index is 13.3. The van der Waals surface area contributed by atoms with Gasteiger partial charge >= 0.3 is 0 Å². The zero-order valence-electron chi connectivity index (χ0n) is 17.9. The van der Waals surface area contributed by atoms with Crippen LogP contribution in [-0.4, -0.2) is 49.7 Å². The maximum atomic E-state index is 13.3. The number of amides is 2. The third-order valence-corrected chi connectivity index (χ3v) is 7.70. The molecule has 1 aliphatic heterocycles. The van der Waals surface area contributed by atoms with Crippen molar-refractivity contribution >= 4 is 40.9 Å². The molecule has 2 N–H and O–H groups in total. The maximum Gasteiger partial charge on any atom is 0.262 e. The van der Waals surface area contributed by atoms with Crippen molar-refractivity contribution in [1.29, 1.82) is 0 Å². The van der Waals surface area contributed by atoms with Crippen LogP contribution in [0.1, 0.15) is 46.5 Å². The number of carbonyl (C=O) groups is 2. The van der Waals surface area contributed by atoms with E-state index in [9.17, 15) is 9.59 Å². The van der Waals surface area contributed by atoms with Gasteiger partial charge in [0, 0.05) is 18.8 Å². The molecule has 1 fully saturated rings. The summed E-state index contributed by atoms with van der Waals surface area (Å²) in [7, 11) is 3.07. The van der Waals surface area contributed by atoms with Crippen molar-refractivity contribution in [2.45, 2.75) is 50.9 Å². The molecule has 30 heavy (non-hydrogen) atoms. The molecule has 5 nitrogen and oxygen atoms in total. The van der Waals surface area contributed by atoms with E-state index in [-0.39, 0.29) is 11.8 Å². The van der Waals surface area contributed by atoms with E-state index in [2.05, 4.69) is 41.5 Å². The lowest BCUT2D eigenvalue weighted by Crippen LogP contribution is -2.54. The summed E-state index contributed by atoms with van der Waals surface area (Å²) in [6, 6.07) is 10.1. The monoisotopic (exact) mass is 423 g/mol. The number of hydrogen-bond acceptors (Lipinski definition) is 4. The molecule has 0 spiro atoms. The lowest BCUT2D eigenvalue weighted by atomic mass is 9.81. The van der Waals surface area contributed by atoms with Gasteiger partial charge < -0.3 is 15.5 Å². The van der Waals surface area contributed by atoms with Gasteiger partial charge in [-0.2, -0.15) is 0 Å². The van der Waals surface area contributed by atoms with Gasteiger partial charge in [0.15, 0.2) is 7.28 Å². The number of anilines is 1. The summed E-state index contributed by atoms with van der Waals surface area (Å²) in [6.07, 6.45) is 5.32. The highest BCUT2D eigenvalue weighted by Gasteiger charge is 2.42. The molecule has 0 bridgehead atoms. The van der Waals surface area contributed by atoms with Crippen molar-refractivity contribution in [3.63, 3.8) is 0 Å². The number of nitrogens with one attached hydrogen (secondary N) is 2. The number of fused-ring (bicyclic) bond motifs is 1. The molecular weight excluding hydrogens is 393 g/mol. The highest BCUT2D eigenvalue weighted by Crippen LogP contribution is 2.32. The van der Waals surface area contributed by atoms with Crippen molar-refractivity contribution in [2.24, 2.45) is 0 Å². The quantitative estimate of drug-likeness (QED) is 0.727. The predicted octanol–water partition coefficient (Wildman–Crippen LogP) is 2.57. The van der Waals surface area contributed by atoms with E-state index in [0.29, 0.717) is 17.7 Å². The normalized spacial score (nSPS) is 18.3. The van der Waals surface area contributed by atoms with E-state index in [4.69, 9.17) is 0 Å². The number of hydrogen-bond donors (Lipinski definition) is 2. The Morgan fingerprint density at radius 3 is 2.50 bits per heavy atom. The number of carbonyl (C=O) groups excluding carboxylic acids is 2. The molecule has 7 heteroatoms. The molecule has 1 aromatic carbocycles. The van der Waals surface area contributed by atoms with Crippen LogP contribution in [-0.2, 0) is 17.6 Å². The molecule has 0 radical (unpaired) electrons. The summed E-state index contributed by atoms with van der Waals surface area (Å²) in [4.78, 5) is 29.2. The molecular formula is C23H30BN3O2S. The Morgan fingerprint density at radius 2 is 1.80 bits per heavy atom. The lowest BCUT2D eigenvalue weighted by Gasteiger charge is -2.29. The number of thiophene rings is 1. The summed E-state index contributed by atoms with van der Waals surface area (Å²) in [5.74, 6) is -0.229. The van der Waals surface area contributed by atoms with E-state index in [1.165, 1.54) is 27.2 Å². The van der Waals surface area contributed by atoms with Crippen LogP contribution < -0.4 is 15.4 Å². The molecule has 2 amide bonds. The van der Waals surface area contributed by atoms with Crippen molar-refractivity contribution in [3.05, 3.63) is 46.3 Å². The smallest absolute Gasteiger partial charge is 0.262 e. The zero-order valence-corrected chi connectivity index (χ0v) is 18.7. The molecule has 4 rings (SSSR count). The van der Waals surface area contributed by atoms with E-state index in [1.54, 1.807) is 0 Å². The van der Waals surface area contributed by atoms with E-state index in [0.717, 1.165) is 51.7 Å². The second-order valence-corrected chi connectivity index (χ2v) is 9.77. The Bertz CT molecular complexity index is 936. The van der Waals surface area contributed by atoms with Crippen LogP contribution in [0.3, 0.4) is 0 Å². The van der Waals surface area contributed by atoms with E-state index < -0.39 is 5.54 Å². The number of rotatable bonds is 5. The first-order chi connectivity index (χ1) is 14.5. The number of benzene rings is 1. The molecule has 2 heterocycles. The molecule has 0 unspecified atom stereocenters. The minimum atomic E-state index is -0.819. The van der Waals surface area contributed by atoms with Crippen LogP contribution in [0.25, 0.3) is 0 Å². The summed E-state index contributed by atoms with van der Waals surface area (Å²) in [5, 5.41) is 6.21. The van der Waals surface area contributed by atoms with Crippen molar-refractivity contribution in [1.82, 2.24) is 10.2 Å². The molecule has 2 aliphatic rings. The first-order valence-corrected chi connectivity index (χ1v) is 11.8. The minimum Gasteiger partial charge on any atom is -0.337 e. The van der Waals surface area contributed by atoms with Crippen LogP contribution >= 0.6 is 11.3 Å². The fourth-order valence-electron chi connectivity index (χ4n) is 4.52. The molecule has 1 saturated carbocycles. The van der Waals surface area contributed by atoms with Crippen LogP contribution in [0.4, 0.5) is 5.69 Å². The van der Waals surface area contributed by atoms with Gasteiger partial charge in [-0.3, -0.25) is 9.59 Å². The van der Waals surface area contributed by atoms with Gasteiger partial charge in [0.1, 0.15) is 5.54 Å². The largest absolute Gasteiger partial charge is 0.337 e. The van der Waals surface area contributed by atoms with E-state index >= 15 is 0 Å². The first-order valence-electron chi connectivity index (χ1n) is 11.0. The Hall–Kier alpha value is -2.12. The molecule has 1 aliphatic carbocycles. The molecule has 0 atom stereocenters. The Balaban J connectivity index is 1.49. The molecule has 1 aromatic heterocycles. The van der Waals surface area contributed by atoms with Gasteiger partial charge in [0.25, 0.3) is 5.91 Å². The highest BCUT2D eigenvalue weighted by molar-refractivity contribution is 7.22. The van der Waals surface area contributed by atoms with Crippen LogP contribution in [0.2, 0.25) is 6.82 Å². The Morgan fingerprint density at radius 1 is 1.07 bits per heavy atom. The average molecular weight is 423 g/mol. The third-order valence-electron chi connectivity index (χ3n) is 6.47. The van der Waals surface area contributed by atoms with Crippen molar-refractivity contribution < 1.29 is 9.59 Å². The van der Waals surface area contributed by atoms with Crippen LogP contribution in [0.5, 0.6) is 0 Å². The molecule has 2 aromatic rings. The van der Waals surface area contributed by atoms with Gasteiger partial charge in [-0.15, -0.1) is 11.3 Å². The summed E-state index contributed by atoms with van der Waals surface area (Å²) in [5.41, 5.74) is 2.69. The second kappa shape index (κ2) is 8.94. The fraction of sp³-hybridized carbons (Fsp3) is 0.478. The standard InChI is InChI=1S/C23H30BN3O2S/c1-24-20-8-7-19(30-20)21(28)26-23(11-3-4-12-23)22(29)25-18-6-5-16-9-13-27(2)14-10-17(16)15-18/h5-8,15,24H,3-4,9-14H2,1-2H3,(H,25,29)(H,26,28). The minimum absolute atomic E-state index is 0.0914. The van der Waals surface area contributed by atoms with Crippen LogP contribution in [0, 0.1) is 0 Å². The number of nitrogens with zero attached hydrogens (tertiary/aromatic N) is 1. The van der Waals surface area contributed by atoms with Gasteiger partial charge in [0.05, 0.1) is 4.88 Å². The van der Waals surface area contributed by atoms with Crippen LogP contribution in [0.15, 0.2) is 30.3 Å². The van der Waals surface area contributed by atoms with Gasteiger partial charge in [-0.05, 0) is 66.8 Å². The highest BCUT2D eigenvalue weighted by atomic mass is 32.1. The summed E-state index contributed by atoms with van der Waals surface area (Å²) in [6.45, 7) is 4.18. The fourth-order valence-corrected chi connectivity index (χ4v) is 5.36. The topological polar surface area (TPSA) is 61.4 Å². The zero-order chi connectivity index (χ0) is 21.1. The summed E-state index contributed by atoms with van der Waals surface area (Å²) >= 11 is 1.51. The van der Waals surface area contributed by atoms with Gasteiger partial charge in [0.2, 0.25) is 5.91 Å². The Kier molecular flexibility index (Phi) is 6.30. The lowest BCUT2D eigenvalue weighted by molar-refractivity contribution is -0.122. The summed E-state index contributed by atoms with van der Waals surface area (Å²) < 4.78 is 1.18. The molecule has 0 saturated heterocycles. The third kappa shape index (κ3) is 4.47. The SMILES string of the molecule is CBc1ccc(C(=O)NC2(C(=O)Nc3ccc4c(c3)CCN(C)CC4)CCCC2)s1. The second-order valence-electron chi connectivity index (χ2n) is 8.60. The predicted molar refractivity (Wildman–Crippen MR) is 126 cm³/mol. The van der Waals surface area contributed by atoms with Gasteiger partial charge in [-0.1, -0.05) is 31.8 Å². The molecule has 158 valence electrons. The van der Waals surface area contributed by atoms with Gasteiger partial charge in [-0.25, -0.2) is 0 Å². The number of likely N-dealkylation sites (N-methyl/N-ethyl adjacent to an activating group) is 1. The average Bonchev–Trinajstić information content (AvgIpc) is 3.38. The van der Waals surface area contributed by atoms with Crippen molar-refractivity contribution in [3.8, 4) is 0 Å². The van der Waals surface area contributed by atoms with E-state index in [1.807, 2.05) is 18.2 Å². The first kappa shape index (κ1) is 21.1.